The quantitative estimate of drug-likeness (QED) is 0.452. The number of ether oxygens (including phenoxy) is 1. The molecule has 0 heterocycles. The molecule has 0 aliphatic heterocycles. The van der Waals surface area contributed by atoms with Crippen LogP contribution in [0.15, 0.2) is 65.6 Å². The maximum Gasteiger partial charge on any atom is 0.264 e. The Labute approximate surface area is 206 Å². The number of sulfonamides is 1. The molecule has 0 aliphatic rings. The van der Waals surface area contributed by atoms with Crippen molar-refractivity contribution >= 4 is 33.2 Å². The Hall–Kier alpha value is -3.03. The molecule has 1 atom stereocenters. The van der Waals surface area contributed by atoms with Crippen LogP contribution in [-0.2, 0) is 14.8 Å². The molecular weight excluding hydrogens is 472 g/mol. The third-order valence-corrected chi connectivity index (χ3v) is 7.58. The Morgan fingerprint density at radius 1 is 1.00 bits per heavy atom. The summed E-state index contributed by atoms with van der Waals surface area (Å²) in [6, 6.07) is 16.8. The van der Waals surface area contributed by atoms with Gasteiger partial charge in [0, 0.05) is 5.02 Å². The van der Waals surface area contributed by atoms with Crippen LogP contribution in [0.5, 0.6) is 5.75 Å². The van der Waals surface area contributed by atoms with Crippen molar-refractivity contribution < 1.29 is 17.9 Å². The normalized spacial score (nSPS) is 12.2. The second kappa shape index (κ2) is 10.5. The van der Waals surface area contributed by atoms with Crippen molar-refractivity contribution in [3.05, 3.63) is 87.9 Å². The predicted octanol–water partition coefficient (Wildman–Crippen LogP) is 5.35. The van der Waals surface area contributed by atoms with Gasteiger partial charge in [-0.2, -0.15) is 0 Å². The number of nitrogens with zero attached hydrogens (tertiary/aromatic N) is 1. The Morgan fingerprint density at radius 3 is 2.26 bits per heavy atom. The van der Waals surface area contributed by atoms with Crippen molar-refractivity contribution in [2.24, 2.45) is 0 Å². The molecule has 0 spiro atoms. The number of rotatable bonds is 8. The number of benzene rings is 3. The number of nitrogens with one attached hydrogen (secondary N) is 1. The third kappa shape index (κ3) is 5.72. The molecule has 0 fully saturated rings. The van der Waals surface area contributed by atoms with E-state index in [4.69, 9.17) is 16.3 Å². The number of anilines is 1. The van der Waals surface area contributed by atoms with E-state index in [1.807, 2.05) is 45.9 Å². The van der Waals surface area contributed by atoms with Gasteiger partial charge in [0.1, 0.15) is 12.3 Å². The molecule has 1 N–H and O–H groups in total. The Bertz CT molecular complexity index is 1290. The van der Waals surface area contributed by atoms with E-state index >= 15 is 0 Å². The van der Waals surface area contributed by atoms with Crippen molar-refractivity contribution in [2.75, 3.05) is 18.0 Å². The molecule has 6 nitrogen and oxygen atoms in total. The average Bonchev–Trinajstić information content (AvgIpc) is 2.77. The molecule has 0 radical (unpaired) electrons. The lowest BCUT2D eigenvalue weighted by Crippen LogP contribution is -2.41. The molecule has 8 heteroatoms. The lowest BCUT2D eigenvalue weighted by Gasteiger charge is -2.27. The summed E-state index contributed by atoms with van der Waals surface area (Å²) in [6.07, 6.45) is 0. The van der Waals surface area contributed by atoms with Gasteiger partial charge in [-0.15, -0.1) is 0 Å². The predicted molar refractivity (Wildman–Crippen MR) is 136 cm³/mol. The fourth-order valence-corrected chi connectivity index (χ4v) is 5.39. The van der Waals surface area contributed by atoms with Gasteiger partial charge in [-0.3, -0.25) is 9.10 Å². The first-order chi connectivity index (χ1) is 16.0. The van der Waals surface area contributed by atoms with Crippen LogP contribution in [0.4, 0.5) is 5.69 Å². The van der Waals surface area contributed by atoms with Crippen LogP contribution >= 0.6 is 11.6 Å². The van der Waals surface area contributed by atoms with Crippen LogP contribution < -0.4 is 14.4 Å². The van der Waals surface area contributed by atoms with Crippen molar-refractivity contribution in [3.8, 4) is 5.75 Å². The molecule has 0 bridgehead atoms. The van der Waals surface area contributed by atoms with Crippen LogP contribution in [-0.4, -0.2) is 28.0 Å². The summed E-state index contributed by atoms with van der Waals surface area (Å²) < 4.78 is 33.7. The number of amides is 1. The zero-order valence-corrected chi connectivity index (χ0v) is 21.5. The van der Waals surface area contributed by atoms with E-state index in [2.05, 4.69) is 5.32 Å². The highest BCUT2D eigenvalue weighted by molar-refractivity contribution is 7.92. The molecule has 0 saturated carbocycles. The zero-order valence-electron chi connectivity index (χ0n) is 19.9. The molecular formula is C26H29ClN2O4S. The topological polar surface area (TPSA) is 75.7 Å². The monoisotopic (exact) mass is 500 g/mol. The molecule has 0 aliphatic carbocycles. The van der Waals surface area contributed by atoms with E-state index in [9.17, 15) is 13.2 Å². The summed E-state index contributed by atoms with van der Waals surface area (Å²) in [6.45, 7) is 7.29. The second-order valence-electron chi connectivity index (χ2n) is 8.29. The minimum atomic E-state index is -4.10. The van der Waals surface area contributed by atoms with Gasteiger partial charge in [-0.1, -0.05) is 53.1 Å². The van der Waals surface area contributed by atoms with Crippen LogP contribution in [0.3, 0.4) is 0 Å². The summed E-state index contributed by atoms with van der Waals surface area (Å²) in [7, 11) is -2.66. The van der Waals surface area contributed by atoms with E-state index in [0.29, 0.717) is 5.02 Å². The van der Waals surface area contributed by atoms with Crippen LogP contribution in [0.25, 0.3) is 0 Å². The minimum absolute atomic E-state index is 0.0651. The van der Waals surface area contributed by atoms with Gasteiger partial charge in [0.25, 0.3) is 10.0 Å². The summed E-state index contributed by atoms with van der Waals surface area (Å²) in [4.78, 5) is 13.2. The van der Waals surface area contributed by atoms with Gasteiger partial charge in [0.05, 0.1) is 23.7 Å². The molecule has 0 unspecified atom stereocenters. The smallest absolute Gasteiger partial charge is 0.264 e. The number of hydrogen-bond donors (Lipinski definition) is 1. The van der Waals surface area contributed by atoms with E-state index in [1.54, 1.807) is 24.3 Å². The summed E-state index contributed by atoms with van der Waals surface area (Å²) >= 11 is 6.19. The van der Waals surface area contributed by atoms with Gasteiger partial charge >= 0.3 is 0 Å². The van der Waals surface area contributed by atoms with Crippen molar-refractivity contribution in [1.29, 1.82) is 0 Å². The largest absolute Gasteiger partial charge is 0.495 e. The molecule has 0 saturated heterocycles. The SMILES string of the molecule is COc1ccc(Cl)cc1N(CC(=O)N[C@H](C)c1ccc(C)cc1C)S(=O)(=O)c1ccc(C)cc1. The van der Waals surface area contributed by atoms with Crippen LogP contribution in [0.1, 0.15) is 35.2 Å². The number of halogens is 1. The average molecular weight is 501 g/mol. The highest BCUT2D eigenvalue weighted by atomic mass is 35.5. The van der Waals surface area contributed by atoms with Gasteiger partial charge in [-0.25, -0.2) is 8.42 Å². The van der Waals surface area contributed by atoms with Crippen LogP contribution in [0, 0.1) is 20.8 Å². The number of methoxy groups -OCH3 is 1. The molecule has 0 aromatic heterocycles. The summed E-state index contributed by atoms with van der Waals surface area (Å²) in [5.74, 6) is -0.166. The summed E-state index contributed by atoms with van der Waals surface area (Å²) in [5.41, 5.74) is 4.25. The van der Waals surface area contributed by atoms with Gasteiger partial charge < -0.3 is 10.1 Å². The van der Waals surface area contributed by atoms with Crippen molar-refractivity contribution in [2.45, 2.75) is 38.6 Å². The van der Waals surface area contributed by atoms with Gasteiger partial charge in [-0.05, 0) is 69.2 Å². The molecule has 3 aromatic carbocycles. The summed E-state index contributed by atoms with van der Waals surface area (Å²) in [5, 5.41) is 3.25. The van der Waals surface area contributed by atoms with Crippen molar-refractivity contribution in [3.63, 3.8) is 0 Å². The van der Waals surface area contributed by atoms with E-state index in [1.165, 1.54) is 25.3 Å². The standard InChI is InChI=1S/C26H29ClN2O4S/c1-17-6-10-22(11-7-17)34(31,32)29(24-15-21(27)9-13-25(24)33-5)16-26(30)28-20(4)23-12-8-18(2)14-19(23)3/h6-15,20H,16H2,1-5H3,(H,28,30)/t20-/m1/s1. The fourth-order valence-electron chi connectivity index (χ4n) is 3.80. The van der Waals surface area contributed by atoms with E-state index in [0.717, 1.165) is 26.6 Å². The molecule has 3 aromatic rings. The first kappa shape index (κ1) is 25.6. The molecule has 3 rings (SSSR count). The molecule has 1 amide bonds. The van der Waals surface area contributed by atoms with Crippen molar-refractivity contribution in [1.82, 2.24) is 5.32 Å². The lowest BCUT2D eigenvalue weighted by molar-refractivity contribution is -0.120. The van der Waals surface area contributed by atoms with E-state index < -0.39 is 22.5 Å². The number of aryl methyl sites for hydroxylation is 3. The molecule has 180 valence electrons. The lowest BCUT2D eigenvalue weighted by atomic mass is 10.0. The maximum absolute atomic E-state index is 13.7. The highest BCUT2D eigenvalue weighted by Crippen LogP contribution is 2.35. The second-order valence-corrected chi connectivity index (χ2v) is 10.6. The third-order valence-electron chi connectivity index (χ3n) is 5.58. The first-order valence-corrected chi connectivity index (χ1v) is 12.6. The highest BCUT2D eigenvalue weighted by Gasteiger charge is 2.30. The Kier molecular flexibility index (Phi) is 7.89. The van der Waals surface area contributed by atoms with E-state index in [-0.39, 0.29) is 22.4 Å². The number of carbonyl (C=O) groups excluding carboxylic acids is 1. The fraction of sp³-hybridized carbons (Fsp3) is 0.269. The first-order valence-electron chi connectivity index (χ1n) is 10.8. The minimum Gasteiger partial charge on any atom is -0.495 e. The Morgan fingerprint density at radius 2 is 1.65 bits per heavy atom. The zero-order chi connectivity index (χ0) is 25.0. The Balaban J connectivity index is 1.98. The number of hydrogen-bond acceptors (Lipinski definition) is 4. The molecule has 34 heavy (non-hydrogen) atoms. The number of carbonyl (C=O) groups is 1. The van der Waals surface area contributed by atoms with Crippen LogP contribution in [0.2, 0.25) is 5.02 Å². The van der Waals surface area contributed by atoms with Gasteiger partial charge in [0.2, 0.25) is 5.91 Å². The van der Waals surface area contributed by atoms with Gasteiger partial charge in [0.15, 0.2) is 0 Å². The maximum atomic E-state index is 13.7.